The third-order valence-corrected chi connectivity index (χ3v) is 7.73. The van der Waals surface area contributed by atoms with Gasteiger partial charge in [-0.3, -0.25) is 4.79 Å². The van der Waals surface area contributed by atoms with E-state index in [4.69, 9.17) is 5.11 Å². The van der Waals surface area contributed by atoms with Crippen LogP contribution in [-0.4, -0.2) is 36.0 Å². The van der Waals surface area contributed by atoms with Crippen molar-refractivity contribution in [1.82, 2.24) is 14.7 Å². The summed E-state index contributed by atoms with van der Waals surface area (Å²) >= 11 is 0. The largest absolute Gasteiger partial charge is 0.480 e. The smallest absolute Gasteiger partial charge is 0.322 e. The molecule has 0 aliphatic heterocycles. The van der Waals surface area contributed by atoms with Crippen molar-refractivity contribution in [3.63, 3.8) is 0 Å². The maximum absolute atomic E-state index is 13.1. The number of hydrogen-bond donors (Lipinski definition) is 3. The topological polar surface area (TPSA) is 121 Å². The molecule has 2 aromatic heterocycles. The van der Waals surface area contributed by atoms with Gasteiger partial charge in [-0.05, 0) is 53.6 Å². The molecule has 0 saturated carbocycles. The minimum atomic E-state index is -3.93. The van der Waals surface area contributed by atoms with Crippen molar-refractivity contribution in [2.45, 2.75) is 69.4 Å². The zero-order valence-electron chi connectivity index (χ0n) is 21.6. The molecule has 0 amide bonds. The quantitative estimate of drug-likeness (QED) is 0.251. The molecule has 0 saturated heterocycles. The van der Waals surface area contributed by atoms with Gasteiger partial charge in [0.15, 0.2) is 5.03 Å². The molecule has 0 spiro atoms. The second-order valence-corrected chi connectivity index (χ2v) is 11.4. The number of anilines is 1. The SMILES string of the molecule is CCCCCC(C)(C)c1ccc(CC(NS(=O)(=O)c2ccccn2)c2cccc(NCC(=O)O)n2)cc1. The lowest BCUT2D eigenvalue weighted by molar-refractivity contribution is -0.134. The van der Waals surface area contributed by atoms with E-state index in [1.807, 2.05) is 12.1 Å². The molecule has 8 nitrogen and oxygen atoms in total. The first-order valence-electron chi connectivity index (χ1n) is 12.6. The number of aromatic nitrogens is 2. The van der Waals surface area contributed by atoms with Crippen LogP contribution in [-0.2, 0) is 26.7 Å². The number of carbonyl (C=O) groups is 1. The normalized spacial score (nSPS) is 12.7. The van der Waals surface area contributed by atoms with Crippen molar-refractivity contribution in [1.29, 1.82) is 0 Å². The van der Waals surface area contributed by atoms with Crippen LogP contribution in [0, 0.1) is 0 Å². The molecule has 0 aliphatic carbocycles. The van der Waals surface area contributed by atoms with E-state index < -0.39 is 22.0 Å². The predicted molar refractivity (Wildman–Crippen MR) is 145 cm³/mol. The highest BCUT2D eigenvalue weighted by Crippen LogP contribution is 2.30. The van der Waals surface area contributed by atoms with E-state index in [-0.39, 0.29) is 17.0 Å². The van der Waals surface area contributed by atoms with Crippen LogP contribution < -0.4 is 10.0 Å². The fourth-order valence-electron chi connectivity index (χ4n) is 4.16. The van der Waals surface area contributed by atoms with Gasteiger partial charge in [-0.1, -0.05) is 76.4 Å². The average Bonchev–Trinajstić information content (AvgIpc) is 2.88. The summed E-state index contributed by atoms with van der Waals surface area (Å²) in [7, 11) is -3.93. The van der Waals surface area contributed by atoms with E-state index in [9.17, 15) is 13.2 Å². The Balaban J connectivity index is 1.87. The minimum Gasteiger partial charge on any atom is -0.480 e. The molecular formula is C28H36N4O4S. The van der Waals surface area contributed by atoms with E-state index >= 15 is 0 Å². The molecule has 1 unspecified atom stereocenters. The number of nitrogens with zero attached hydrogens (tertiary/aromatic N) is 2. The summed E-state index contributed by atoms with van der Waals surface area (Å²) in [5.41, 5.74) is 2.72. The summed E-state index contributed by atoms with van der Waals surface area (Å²) in [5, 5.41) is 11.6. The molecule has 37 heavy (non-hydrogen) atoms. The number of pyridine rings is 2. The Morgan fingerprint density at radius 1 is 1.03 bits per heavy atom. The summed E-state index contributed by atoms with van der Waals surface area (Å²) < 4.78 is 29.0. The first kappa shape index (κ1) is 28.3. The van der Waals surface area contributed by atoms with Crippen molar-refractivity contribution in [3.05, 3.63) is 83.7 Å². The van der Waals surface area contributed by atoms with E-state index in [1.54, 1.807) is 30.3 Å². The standard InChI is InChI=1S/C28H36N4O4S/c1-4-5-7-17-28(2,3)22-15-13-21(14-16-22)19-24(32-37(35,36)26-12-6-8-18-29-26)23-10-9-11-25(31-23)30-20-27(33)34/h6,8-16,18,24,32H,4-5,7,17,19-20H2,1-3H3,(H,30,31)(H,33,34). The molecule has 0 bridgehead atoms. The molecule has 3 rings (SSSR count). The number of nitrogens with one attached hydrogen (secondary N) is 2. The van der Waals surface area contributed by atoms with Crippen molar-refractivity contribution in [3.8, 4) is 0 Å². The van der Waals surface area contributed by atoms with Crippen LogP contribution in [0.2, 0.25) is 0 Å². The lowest BCUT2D eigenvalue weighted by Gasteiger charge is -2.26. The number of hydrogen-bond acceptors (Lipinski definition) is 6. The Hall–Kier alpha value is -3.30. The maximum atomic E-state index is 13.1. The first-order valence-corrected chi connectivity index (χ1v) is 14.0. The van der Waals surface area contributed by atoms with Crippen molar-refractivity contribution < 1.29 is 18.3 Å². The Morgan fingerprint density at radius 3 is 2.43 bits per heavy atom. The van der Waals surface area contributed by atoms with E-state index in [1.165, 1.54) is 37.1 Å². The number of benzene rings is 1. The molecule has 0 radical (unpaired) electrons. The minimum absolute atomic E-state index is 0.0549. The van der Waals surface area contributed by atoms with Crippen LogP contribution in [0.5, 0.6) is 0 Å². The van der Waals surface area contributed by atoms with Crippen LogP contribution in [0.1, 0.15) is 69.3 Å². The fourth-order valence-corrected chi connectivity index (χ4v) is 5.32. The average molecular weight is 525 g/mol. The first-order chi connectivity index (χ1) is 17.6. The zero-order chi connectivity index (χ0) is 26.9. The van der Waals surface area contributed by atoms with Gasteiger partial charge in [0.1, 0.15) is 12.4 Å². The van der Waals surface area contributed by atoms with Crippen molar-refractivity contribution in [2.24, 2.45) is 0 Å². The number of unbranched alkanes of at least 4 members (excludes halogenated alkanes) is 2. The number of sulfonamides is 1. The van der Waals surface area contributed by atoms with Gasteiger partial charge in [0.2, 0.25) is 0 Å². The Morgan fingerprint density at radius 2 is 1.78 bits per heavy atom. The number of carboxylic acid groups (broad SMARTS) is 1. The van der Waals surface area contributed by atoms with Gasteiger partial charge in [-0.15, -0.1) is 0 Å². The van der Waals surface area contributed by atoms with E-state index in [0.717, 1.165) is 12.0 Å². The van der Waals surface area contributed by atoms with Gasteiger partial charge in [0.05, 0.1) is 11.7 Å². The molecule has 0 fully saturated rings. The van der Waals surface area contributed by atoms with Gasteiger partial charge >= 0.3 is 5.97 Å². The summed E-state index contributed by atoms with van der Waals surface area (Å²) in [6, 6.07) is 17.4. The maximum Gasteiger partial charge on any atom is 0.322 e. The molecule has 9 heteroatoms. The predicted octanol–water partition coefficient (Wildman–Crippen LogP) is 5.09. The van der Waals surface area contributed by atoms with Crippen LogP contribution >= 0.6 is 0 Å². The number of rotatable bonds is 14. The molecular weight excluding hydrogens is 488 g/mol. The third-order valence-electron chi connectivity index (χ3n) is 6.34. The van der Waals surface area contributed by atoms with Crippen molar-refractivity contribution >= 4 is 21.8 Å². The molecule has 0 aliphatic rings. The Bertz CT molecular complexity index is 1260. The molecule has 3 aromatic rings. The third kappa shape index (κ3) is 8.36. The lowest BCUT2D eigenvalue weighted by Crippen LogP contribution is -2.31. The van der Waals surface area contributed by atoms with Gasteiger partial charge in [-0.25, -0.2) is 23.1 Å². The summed E-state index contributed by atoms with van der Waals surface area (Å²) in [5.74, 6) is -0.663. The summed E-state index contributed by atoms with van der Waals surface area (Å²) in [4.78, 5) is 19.4. The summed E-state index contributed by atoms with van der Waals surface area (Å²) in [6.07, 6.45) is 6.48. The van der Waals surface area contributed by atoms with Crippen LogP contribution in [0.15, 0.2) is 71.9 Å². The number of carboxylic acids is 1. The van der Waals surface area contributed by atoms with Crippen molar-refractivity contribution in [2.75, 3.05) is 11.9 Å². The van der Waals surface area contributed by atoms with Crippen LogP contribution in [0.25, 0.3) is 0 Å². The van der Waals surface area contributed by atoms with E-state index in [2.05, 4.69) is 52.9 Å². The Labute approximate surface area is 219 Å². The van der Waals surface area contributed by atoms with Gasteiger partial charge in [0, 0.05) is 6.20 Å². The monoisotopic (exact) mass is 524 g/mol. The highest BCUT2D eigenvalue weighted by molar-refractivity contribution is 7.89. The van der Waals surface area contributed by atoms with E-state index in [0.29, 0.717) is 17.9 Å². The second kappa shape index (κ2) is 12.8. The van der Waals surface area contributed by atoms with Gasteiger partial charge in [0.25, 0.3) is 10.0 Å². The number of aliphatic carboxylic acids is 1. The van der Waals surface area contributed by atoms with Crippen LogP contribution in [0.4, 0.5) is 5.82 Å². The molecule has 1 atom stereocenters. The molecule has 3 N–H and O–H groups in total. The summed E-state index contributed by atoms with van der Waals surface area (Å²) in [6.45, 7) is 6.41. The molecule has 2 heterocycles. The van der Waals surface area contributed by atoms with Crippen LogP contribution in [0.3, 0.4) is 0 Å². The second-order valence-electron chi connectivity index (χ2n) is 9.78. The molecule has 1 aromatic carbocycles. The highest BCUT2D eigenvalue weighted by Gasteiger charge is 2.25. The van der Waals surface area contributed by atoms with Gasteiger partial charge < -0.3 is 10.4 Å². The highest BCUT2D eigenvalue weighted by atomic mass is 32.2. The van der Waals surface area contributed by atoms with Gasteiger partial charge in [-0.2, -0.15) is 0 Å². The Kier molecular flexibility index (Phi) is 9.77. The zero-order valence-corrected chi connectivity index (χ0v) is 22.5. The molecule has 198 valence electrons. The lowest BCUT2D eigenvalue weighted by atomic mass is 9.79. The fraction of sp³-hybridized carbons (Fsp3) is 0.393.